The minimum Gasteiger partial charge on any atom is -0.459 e. The summed E-state index contributed by atoms with van der Waals surface area (Å²) < 4.78 is 35.9. The van der Waals surface area contributed by atoms with E-state index in [-0.39, 0.29) is 33.3 Å². The van der Waals surface area contributed by atoms with Gasteiger partial charge in [-0.2, -0.15) is 8.42 Å². The first-order valence-corrected chi connectivity index (χ1v) is 11.6. The molecule has 0 radical (unpaired) electrons. The van der Waals surface area contributed by atoms with Crippen LogP contribution in [0.15, 0.2) is 70.2 Å². The van der Waals surface area contributed by atoms with Gasteiger partial charge in [0, 0.05) is 13.1 Å². The molecule has 2 aromatic carbocycles. The van der Waals surface area contributed by atoms with Crippen LogP contribution >= 0.6 is 11.6 Å². The molecule has 3 rings (SSSR count). The largest absolute Gasteiger partial charge is 0.459 e. The number of benzene rings is 2. The summed E-state index contributed by atoms with van der Waals surface area (Å²) in [5, 5.41) is 0.109. The van der Waals surface area contributed by atoms with E-state index in [9.17, 15) is 13.2 Å². The molecule has 0 atom stereocenters. The molecule has 0 aliphatic carbocycles. The van der Waals surface area contributed by atoms with Gasteiger partial charge in [0.2, 0.25) is 0 Å². The monoisotopic (exact) mass is 461 g/mol. The Morgan fingerprint density at radius 3 is 2.39 bits per heavy atom. The molecule has 8 heteroatoms. The summed E-state index contributed by atoms with van der Waals surface area (Å²) in [5.74, 6) is 0.513. The van der Waals surface area contributed by atoms with Crippen molar-refractivity contribution in [2.45, 2.75) is 32.2 Å². The van der Waals surface area contributed by atoms with Gasteiger partial charge in [0.25, 0.3) is 5.91 Å². The molecule has 31 heavy (non-hydrogen) atoms. The van der Waals surface area contributed by atoms with Crippen molar-refractivity contribution in [3.63, 3.8) is 0 Å². The van der Waals surface area contributed by atoms with Crippen LogP contribution < -0.4 is 4.18 Å². The summed E-state index contributed by atoms with van der Waals surface area (Å²) in [6, 6.07) is 14.7. The molecule has 164 valence electrons. The number of furan rings is 1. The molecular weight excluding hydrogens is 438 g/mol. The van der Waals surface area contributed by atoms with Crippen molar-refractivity contribution in [3.8, 4) is 5.75 Å². The summed E-state index contributed by atoms with van der Waals surface area (Å²) in [6.07, 6.45) is 1.47. The lowest BCUT2D eigenvalue weighted by Gasteiger charge is -2.24. The van der Waals surface area contributed by atoms with E-state index in [2.05, 4.69) is 0 Å². The molecule has 0 bridgehead atoms. The van der Waals surface area contributed by atoms with E-state index in [0.29, 0.717) is 18.7 Å². The Bertz CT molecular complexity index is 1120. The third-order valence-corrected chi connectivity index (χ3v) is 6.40. The number of carbonyl (C=O) groups is 1. The topological polar surface area (TPSA) is 76.8 Å². The first-order chi connectivity index (χ1) is 14.7. The second-order valence-corrected chi connectivity index (χ2v) is 9.51. The number of hydrogen-bond donors (Lipinski definition) is 0. The van der Waals surface area contributed by atoms with Crippen LogP contribution in [0.5, 0.6) is 5.75 Å². The Kier molecular flexibility index (Phi) is 7.08. The van der Waals surface area contributed by atoms with E-state index in [1.54, 1.807) is 60.4 Å². The summed E-state index contributed by atoms with van der Waals surface area (Å²) in [5.41, 5.74) is 1.34. The van der Waals surface area contributed by atoms with Crippen LogP contribution in [0.4, 0.5) is 0 Å². The fourth-order valence-electron chi connectivity index (χ4n) is 3.19. The van der Waals surface area contributed by atoms with Crippen molar-refractivity contribution in [1.82, 2.24) is 4.90 Å². The first kappa shape index (κ1) is 22.9. The molecule has 0 saturated heterocycles. The van der Waals surface area contributed by atoms with Crippen molar-refractivity contribution in [2.75, 3.05) is 6.54 Å². The smallest absolute Gasteiger partial charge is 0.340 e. The second-order valence-electron chi connectivity index (χ2n) is 7.62. The Labute approximate surface area is 187 Å². The first-order valence-electron chi connectivity index (χ1n) is 9.78. The van der Waals surface area contributed by atoms with Crippen LogP contribution in [-0.2, 0) is 16.7 Å². The van der Waals surface area contributed by atoms with Gasteiger partial charge in [-0.15, -0.1) is 0 Å². The fourth-order valence-corrected chi connectivity index (χ4v) is 4.91. The van der Waals surface area contributed by atoms with Gasteiger partial charge in [-0.3, -0.25) is 4.79 Å². The number of nitrogens with zero attached hydrogens (tertiary/aromatic N) is 1. The highest BCUT2D eigenvalue weighted by molar-refractivity contribution is 7.87. The molecule has 0 fully saturated rings. The zero-order valence-electron chi connectivity index (χ0n) is 17.5. The third-order valence-electron chi connectivity index (χ3n) is 4.52. The van der Waals surface area contributed by atoms with E-state index < -0.39 is 10.1 Å². The van der Waals surface area contributed by atoms with Crippen molar-refractivity contribution >= 4 is 27.6 Å². The molecule has 0 aliphatic rings. The van der Waals surface area contributed by atoms with Crippen molar-refractivity contribution < 1.29 is 21.8 Å². The SMILES string of the molecule is Cc1cccc(Cl)c1S(=O)(=O)Oc1ccc(CN(CC(C)C)C(=O)c2ccco2)cc1. The summed E-state index contributed by atoms with van der Waals surface area (Å²) in [6.45, 7) is 6.62. The number of aryl methyl sites for hydroxylation is 1. The highest BCUT2D eigenvalue weighted by atomic mass is 35.5. The van der Waals surface area contributed by atoms with Gasteiger partial charge >= 0.3 is 10.1 Å². The predicted molar refractivity (Wildman–Crippen MR) is 119 cm³/mol. The normalized spacial score (nSPS) is 11.5. The lowest BCUT2D eigenvalue weighted by molar-refractivity contribution is 0.0690. The van der Waals surface area contributed by atoms with Crippen LogP contribution in [0.3, 0.4) is 0 Å². The maximum Gasteiger partial charge on any atom is 0.340 e. The molecule has 1 heterocycles. The molecule has 0 spiro atoms. The predicted octanol–water partition coefficient (Wildman–Crippen LogP) is 5.31. The lowest BCUT2D eigenvalue weighted by atomic mass is 10.1. The maximum absolute atomic E-state index is 12.7. The molecule has 0 aliphatic heterocycles. The van der Waals surface area contributed by atoms with Gasteiger partial charge in [-0.25, -0.2) is 0 Å². The molecular formula is C23H24ClNO5S. The quantitative estimate of drug-likeness (QED) is 0.425. The number of hydrogen-bond acceptors (Lipinski definition) is 5. The van der Waals surface area contributed by atoms with Crippen molar-refractivity contribution in [3.05, 3.63) is 82.8 Å². The Balaban J connectivity index is 1.76. The van der Waals surface area contributed by atoms with Gasteiger partial charge in [-0.05, 0) is 54.3 Å². The van der Waals surface area contributed by atoms with E-state index >= 15 is 0 Å². The summed E-state index contributed by atoms with van der Waals surface area (Å²) in [7, 11) is -4.08. The average molecular weight is 462 g/mol. The van der Waals surface area contributed by atoms with Crippen LogP contribution in [0.2, 0.25) is 5.02 Å². The van der Waals surface area contributed by atoms with Gasteiger partial charge in [0.05, 0.1) is 11.3 Å². The molecule has 1 amide bonds. The zero-order valence-corrected chi connectivity index (χ0v) is 19.1. The molecule has 0 unspecified atom stereocenters. The van der Waals surface area contributed by atoms with Crippen LogP contribution in [0.25, 0.3) is 0 Å². The number of carbonyl (C=O) groups excluding carboxylic acids is 1. The van der Waals surface area contributed by atoms with E-state index in [4.69, 9.17) is 20.2 Å². The molecule has 1 aromatic heterocycles. The Hall–Kier alpha value is -2.77. The molecule has 3 aromatic rings. The highest BCUT2D eigenvalue weighted by Crippen LogP contribution is 2.28. The molecule has 6 nitrogen and oxygen atoms in total. The van der Waals surface area contributed by atoms with Crippen LogP contribution in [-0.4, -0.2) is 25.8 Å². The Morgan fingerprint density at radius 1 is 1.10 bits per heavy atom. The van der Waals surface area contributed by atoms with Crippen molar-refractivity contribution in [1.29, 1.82) is 0 Å². The maximum atomic E-state index is 12.7. The zero-order chi connectivity index (χ0) is 22.6. The minimum atomic E-state index is -4.08. The molecule has 0 N–H and O–H groups in total. The van der Waals surface area contributed by atoms with Gasteiger partial charge in [-0.1, -0.05) is 49.7 Å². The van der Waals surface area contributed by atoms with E-state index in [1.165, 1.54) is 12.3 Å². The number of halogens is 1. The molecule has 0 saturated carbocycles. The van der Waals surface area contributed by atoms with Gasteiger partial charge in [0.1, 0.15) is 10.6 Å². The third kappa shape index (κ3) is 5.68. The van der Waals surface area contributed by atoms with E-state index in [1.807, 2.05) is 13.8 Å². The van der Waals surface area contributed by atoms with Crippen molar-refractivity contribution in [2.24, 2.45) is 5.92 Å². The van der Waals surface area contributed by atoms with Crippen LogP contribution in [0.1, 0.15) is 35.5 Å². The van der Waals surface area contributed by atoms with Crippen LogP contribution in [0, 0.1) is 12.8 Å². The number of rotatable bonds is 8. The second kappa shape index (κ2) is 9.58. The number of amides is 1. The van der Waals surface area contributed by atoms with Gasteiger partial charge in [0.15, 0.2) is 5.76 Å². The summed E-state index contributed by atoms with van der Waals surface area (Å²) in [4.78, 5) is 14.4. The average Bonchev–Trinajstić information content (AvgIpc) is 3.22. The highest BCUT2D eigenvalue weighted by Gasteiger charge is 2.23. The van der Waals surface area contributed by atoms with Gasteiger partial charge < -0.3 is 13.5 Å². The standard InChI is InChI=1S/C23H24ClNO5S/c1-16(2)14-25(23(26)21-8-5-13-29-21)15-18-9-11-19(12-10-18)30-31(27,28)22-17(3)6-4-7-20(22)24/h4-13,16H,14-15H2,1-3H3. The lowest BCUT2D eigenvalue weighted by Crippen LogP contribution is -2.33. The summed E-state index contributed by atoms with van der Waals surface area (Å²) >= 11 is 6.07. The Morgan fingerprint density at radius 2 is 1.81 bits per heavy atom. The fraction of sp³-hybridized carbons (Fsp3) is 0.261. The minimum absolute atomic E-state index is 0.0482. The van der Waals surface area contributed by atoms with E-state index in [0.717, 1.165) is 5.56 Å².